The predicted molar refractivity (Wildman–Crippen MR) is 48.5 cm³/mol. The van der Waals surface area contributed by atoms with E-state index < -0.39 is 11.4 Å². The second kappa shape index (κ2) is 3.90. The summed E-state index contributed by atoms with van der Waals surface area (Å²) in [6.45, 7) is 1.91. The number of rotatable bonds is 3. The van der Waals surface area contributed by atoms with Crippen molar-refractivity contribution in [3.63, 3.8) is 0 Å². The Kier molecular flexibility index (Phi) is 3.07. The standard InChI is InChI=1S/C10H16O3/c1-2-10(7-9(12)13)6-4-3-5-8(10)11/h2-7H2,1H3,(H,12,13)/t10-/m1/s1. The van der Waals surface area contributed by atoms with Gasteiger partial charge in [-0.25, -0.2) is 0 Å². The van der Waals surface area contributed by atoms with Crippen molar-refractivity contribution in [2.75, 3.05) is 0 Å². The lowest BCUT2D eigenvalue weighted by molar-refractivity contribution is -0.146. The van der Waals surface area contributed by atoms with Crippen LogP contribution in [0.15, 0.2) is 0 Å². The highest BCUT2D eigenvalue weighted by Crippen LogP contribution is 2.39. The van der Waals surface area contributed by atoms with Crippen molar-refractivity contribution in [2.45, 2.75) is 45.4 Å². The molecular formula is C10H16O3. The van der Waals surface area contributed by atoms with E-state index in [1.165, 1.54) is 0 Å². The predicted octanol–water partition coefficient (Wildman–Crippen LogP) is 2.00. The highest BCUT2D eigenvalue weighted by Gasteiger charge is 2.39. The minimum atomic E-state index is -0.850. The van der Waals surface area contributed by atoms with Gasteiger partial charge in [0, 0.05) is 11.8 Å². The lowest BCUT2D eigenvalue weighted by Crippen LogP contribution is -2.35. The molecule has 1 N–H and O–H groups in total. The van der Waals surface area contributed by atoms with Gasteiger partial charge in [-0.3, -0.25) is 9.59 Å². The van der Waals surface area contributed by atoms with Gasteiger partial charge in [-0.1, -0.05) is 13.3 Å². The smallest absolute Gasteiger partial charge is 0.304 e. The van der Waals surface area contributed by atoms with Crippen molar-refractivity contribution in [1.29, 1.82) is 0 Å². The lowest BCUT2D eigenvalue weighted by Gasteiger charge is -2.33. The molecule has 1 rings (SSSR count). The first-order chi connectivity index (χ1) is 6.10. The molecule has 1 aliphatic carbocycles. The molecule has 0 aromatic rings. The number of hydrogen-bond donors (Lipinski definition) is 1. The Balaban J connectivity index is 2.76. The molecule has 1 aliphatic rings. The van der Waals surface area contributed by atoms with Crippen LogP contribution in [0.3, 0.4) is 0 Å². The van der Waals surface area contributed by atoms with Gasteiger partial charge in [-0.2, -0.15) is 0 Å². The first-order valence-electron chi connectivity index (χ1n) is 4.86. The van der Waals surface area contributed by atoms with E-state index in [4.69, 9.17) is 5.11 Å². The molecule has 0 spiro atoms. The number of carboxylic acid groups (broad SMARTS) is 1. The monoisotopic (exact) mass is 184 g/mol. The maximum absolute atomic E-state index is 11.6. The van der Waals surface area contributed by atoms with Crippen molar-refractivity contribution in [3.8, 4) is 0 Å². The van der Waals surface area contributed by atoms with Gasteiger partial charge in [-0.15, -0.1) is 0 Å². The number of hydrogen-bond acceptors (Lipinski definition) is 2. The Labute approximate surface area is 78.1 Å². The van der Waals surface area contributed by atoms with Gasteiger partial charge in [0.15, 0.2) is 0 Å². The lowest BCUT2D eigenvalue weighted by atomic mass is 9.69. The minimum Gasteiger partial charge on any atom is -0.481 e. The van der Waals surface area contributed by atoms with Crippen LogP contribution in [0.1, 0.15) is 45.4 Å². The molecule has 3 heteroatoms. The van der Waals surface area contributed by atoms with Crippen LogP contribution in [0.5, 0.6) is 0 Å². The number of carboxylic acids is 1. The van der Waals surface area contributed by atoms with Gasteiger partial charge in [0.25, 0.3) is 0 Å². The molecule has 1 fully saturated rings. The molecule has 0 aromatic heterocycles. The van der Waals surface area contributed by atoms with Crippen LogP contribution < -0.4 is 0 Å². The summed E-state index contributed by atoms with van der Waals surface area (Å²) < 4.78 is 0. The van der Waals surface area contributed by atoms with Crippen LogP contribution in [0.25, 0.3) is 0 Å². The summed E-state index contributed by atoms with van der Waals surface area (Å²) in [6, 6.07) is 0. The van der Waals surface area contributed by atoms with Crippen LogP contribution in [0.4, 0.5) is 0 Å². The molecule has 0 bridgehead atoms. The molecular weight excluding hydrogens is 168 g/mol. The Morgan fingerprint density at radius 2 is 2.23 bits per heavy atom. The van der Waals surface area contributed by atoms with Gasteiger partial charge < -0.3 is 5.11 Å². The zero-order valence-corrected chi connectivity index (χ0v) is 8.01. The van der Waals surface area contributed by atoms with Gasteiger partial charge in [0.2, 0.25) is 0 Å². The van der Waals surface area contributed by atoms with Crippen molar-refractivity contribution < 1.29 is 14.7 Å². The number of aliphatic carboxylic acids is 1. The summed E-state index contributed by atoms with van der Waals surface area (Å²) in [5.74, 6) is -0.694. The average Bonchev–Trinajstić information content (AvgIpc) is 2.08. The summed E-state index contributed by atoms with van der Waals surface area (Å²) in [5, 5.41) is 8.73. The second-order valence-corrected chi connectivity index (χ2v) is 3.83. The van der Waals surface area contributed by atoms with Crippen LogP contribution >= 0.6 is 0 Å². The van der Waals surface area contributed by atoms with E-state index in [1.54, 1.807) is 0 Å². The number of carbonyl (C=O) groups excluding carboxylic acids is 1. The van der Waals surface area contributed by atoms with E-state index in [0.717, 1.165) is 19.3 Å². The molecule has 0 radical (unpaired) electrons. The highest BCUT2D eigenvalue weighted by atomic mass is 16.4. The highest BCUT2D eigenvalue weighted by molar-refractivity contribution is 5.89. The number of carbonyl (C=O) groups is 2. The molecule has 0 amide bonds. The Hall–Kier alpha value is -0.860. The Bertz CT molecular complexity index is 222. The van der Waals surface area contributed by atoms with Crippen molar-refractivity contribution in [2.24, 2.45) is 5.41 Å². The Morgan fingerprint density at radius 1 is 1.54 bits per heavy atom. The van der Waals surface area contributed by atoms with E-state index in [0.29, 0.717) is 12.8 Å². The van der Waals surface area contributed by atoms with Gasteiger partial charge >= 0.3 is 5.97 Å². The first-order valence-corrected chi connectivity index (χ1v) is 4.86. The maximum Gasteiger partial charge on any atom is 0.304 e. The molecule has 0 heterocycles. The van der Waals surface area contributed by atoms with Gasteiger partial charge in [0.1, 0.15) is 5.78 Å². The van der Waals surface area contributed by atoms with Crippen LogP contribution in [0, 0.1) is 5.41 Å². The fourth-order valence-electron chi connectivity index (χ4n) is 2.13. The number of ketones is 1. The van der Waals surface area contributed by atoms with Gasteiger partial charge in [0.05, 0.1) is 6.42 Å². The normalized spacial score (nSPS) is 28.8. The minimum absolute atomic E-state index is 0.0162. The summed E-state index contributed by atoms with van der Waals surface area (Å²) in [6.07, 6.45) is 3.93. The molecule has 1 saturated carbocycles. The largest absolute Gasteiger partial charge is 0.481 e. The maximum atomic E-state index is 11.6. The fourth-order valence-corrected chi connectivity index (χ4v) is 2.13. The van der Waals surface area contributed by atoms with E-state index in [9.17, 15) is 9.59 Å². The van der Waals surface area contributed by atoms with Crippen molar-refractivity contribution >= 4 is 11.8 Å². The topological polar surface area (TPSA) is 54.4 Å². The summed E-state index contributed by atoms with van der Waals surface area (Å²) in [7, 11) is 0. The Morgan fingerprint density at radius 3 is 2.69 bits per heavy atom. The van der Waals surface area contributed by atoms with Crippen LogP contribution in [0.2, 0.25) is 0 Å². The van der Waals surface area contributed by atoms with Crippen molar-refractivity contribution in [1.82, 2.24) is 0 Å². The van der Waals surface area contributed by atoms with E-state index >= 15 is 0 Å². The first kappa shape index (κ1) is 10.2. The SMILES string of the molecule is CC[C@]1(CC(=O)O)CCCCC1=O. The van der Waals surface area contributed by atoms with Crippen LogP contribution in [-0.2, 0) is 9.59 Å². The third-order valence-electron chi connectivity index (χ3n) is 3.07. The molecule has 74 valence electrons. The molecule has 13 heavy (non-hydrogen) atoms. The summed E-state index contributed by atoms with van der Waals surface area (Å²) in [4.78, 5) is 22.2. The molecule has 0 aromatic carbocycles. The van der Waals surface area contributed by atoms with E-state index in [1.807, 2.05) is 6.92 Å². The third-order valence-corrected chi connectivity index (χ3v) is 3.07. The fraction of sp³-hybridized carbons (Fsp3) is 0.800. The quantitative estimate of drug-likeness (QED) is 0.729. The summed E-state index contributed by atoms with van der Waals surface area (Å²) in [5.41, 5.74) is -0.538. The van der Waals surface area contributed by atoms with Gasteiger partial charge in [-0.05, 0) is 19.3 Å². The van der Waals surface area contributed by atoms with Crippen molar-refractivity contribution in [3.05, 3.63) is 0 Å². The molecule has 0 saturated heterocycles. The number of Topliss-reactive ketones (excluding diaryl/α,β-unsaturated/α-hetero) is 1. The second-order valence-electron chi connectivity index (χ2n) is 3.83. The molecule has 3 nitrogen and oxygen atoms in total. The average molecular weight is 184 g/mol. The summed E-state index contributed by atoms with van der Waals surface area (Å²) >= 11 is 0. The zero-order valence-electron chi connectivity index (χ0n) is 8.01. The third kappa shape index (κ3) is 2.08. The molecule has 0 unspecified atom stereocenters. The zero-order chi connectivity index (χ0) is 9.90. The van der Waals surface area contributed by atoms with E-state index in [-0.39, 0.29) is 12.2 Å². The van der Waals surface area contributed by atoms with Crippen LogP contribution in [-0.4, -0.2) is 16.9 Å². The molecule has 0 aliphatic heterocycles. The molecule has 1 atom stereocenters. The van der Waals surface area contributed by atoms with E-state index in [2.05, 4.69) is 0 Å².